The van der Waals surface area contributed by atoms with Crippen molar-refractivity contribution in [2.24, 2.45) is 5.73 Å². The maximum atomic E-state index is 6.12. The Labute approximate surface area is 119 Å². The minimum Gasteiger partial charge on any atom is -0.368 e. The van der Waals surface area contributed by atoms with Crippen LogP contribution < -0.4 is 5.73 Å². The molecule has 0 amide bonds. The summed E-state index contributed by atoms with van der Waals surface area (Å²) in [5.41, 5.74) is 6.70. The van der Waals surface area contributed by atoms with E-state index in [4.69, 9.17) is 15.0 Å². The van der Waals surface area contributed by atoms with Gasteiger partial charge in [0.25, 0.3) is 0 Å². The van der Waals surface area contributed by atoms with E-state index in [2.05, 4.69) is 10.1 Å². The van der Waals surface area contributed by atoms with Gasteiger partial charge in [-0.05, 0) is 32.8 Å². The largest absolute Gasteiger partial charge is 0.368 e. The van der Waals surface area contributed by atoms with Gasteiger partial charge in [0.1, 0.15) is 5.60 Å². The molecule has 0 fully saturated rings. The van der Waals surface area contributed by atoms with Crippen molar-refractivity contribution in [1.82, 2.24) is 10.1 Å². The lowest BCUT2D eigenvalue weighted by Gasteiger charge is -2.19. The molecule has 0 saturated carbocycles. The normalized spacial score (nSPS) is 13.4. The molecule has 0 saturated heterocycles. The molecule has 1 aromatic carbocycles. The molecule has 1 aromatic heterocycles. The van der Waals surface area contributed by atoms with Gasteiger partial charge >= 0.3 is 0 Å². The average Bonchev–Trinajstić information content (AvgIpc) is 2.90. The summed E-state index contributed by atoms with van der Waals surface area (Å²) in [7, 11) is 0. The molecule has 2 N–H and O–H groups in total. The predicted octanol–water partition coefficient (Wildman–Crippen LogP) is 2.58. The molecule has 108 valence electrons. The highest BCUT2D eigenvalue weighted by molar-refractivity contribution is 5.17. The Kier molecular flexibility index (Phi) is 4.52. The number of rotatable bonds is 6. The third-order valence-corrected chi connectivity index (χ3v) is 3.10. The highest BCUT2D eigenvalue weighted by Crippen LogP contribution is 2.23. The molecule has 0 spiro atoms. The summed E-state index contributed by atoms with van der Waals surface area (Å²) in [6, 6.07) is 9.70. The minimum atomic E-state index is -0.567. The summed E-state index contributed by atoms with van der Waals surface area (Å²) in [6.07, 6.45) is 0.664. The van der Waals surface area contributed by atoms with Gasteiger partial charge < -0.3 is 15.0 Å². The van der Waals surface area contributed by atoms with E-state index in [0.717, 1.165) is 5.56 Å². The van der Waals surface area contributed by atoms with Gasteiger partial charge in [0.05, 0.1) is 6.04 Å². The number of benzene rings is 1. The second kappa shape index (κ2) is 6.15. The second-order valence-corrected chi connectivity index (χ2v) is 5.20. The fraction of sp³-hybridized carbons (Fsp3) is 0.467. The van der Waals surface area contributed by atoms with Crippen LogP contribution in [0.25, 0.3) is 0 Å². The molecular formula is C15H21N3O2. The lowest BCUT2D eigenvalue weighted by atomic mass is 10.1. The summed E-state index contributed by atoms with van der Waals surface area (Å²) in [6.45, 7) is 6.35. The van der Waals surface area contributed by atoms with E-state index in [9.17, 15) is 0 Å². The van der Waals surface area contributed by atoms with Gasteiger partial charge in [-0.2, -0.15) is 4.98 Å². The van der Waals surface area contributed by atoms with Gasteiger partial charge in [-0.3, -0.25) is 0 Å². The Morgan fingerprint density at radius 2 is 2.00 bits per heavy atom. The Balaban J connectivity index is 2.08. The molecule has 1 heterocycles. The van der Waals surface area contributed by atoms with Crippen molar-refractivity contribution in [3.8, 4) is 0 Å². The van der Waals surface area contributed by atoms with E-state index in [0.29, 0.717) is 24.7 Å². The van der Waals surface area contributed by atoms with Crippen LogP contribution in [-0.2, 0) is 16.8 Å². The summed E-state index contributed by atoms with van der Waals surface area (Å²) < 4.78 is 10.9. The van der Waals surface area contributed by atoms with Gasteiger partial charge in [0.15, 0.2) is 0 Å². The highest BCUT2D eigenvalue weighted by atomic mass is 16.5. The zero-order chi connectivity index (χ0) is 14.6. The van der Waals surface area contributed by atoms with Crippen molar-refractivity contribution in [2.75, 3.05) is 6.61 Å². The summed E-state index contributed by atoms with van der Waals surface area (Å²) in [5.74, 6) is 0.967. The highest BCUT2D eigenvalue weighted by Gasteiger charge is 2.28. The smallest absolute Gasteiger partial charge is 0.244 e. The number of hydrogen-bond donors (Lipinski definition) is 1. The lowest BCUT2D eigenvalue weighted by molar-refractivity contribution is -0.0221. The number of ether oxygens (including phenoxy) is 1. The third-order valence-electron chi connectivity index (χ3n) is 3.10. The fourth-order valence-electron chi connectivity index (χ4n) is 2.01. The number of hydrogen-bond acceptors (Lipinski definition) is 5. The maximum Gasteiger partial charge on any atom is 0.244 e. The van der Waals surface area contributed by atoms with Crippen LogP contribution in [0.2, 0.25) is 0 Å². The van der Waals surface area contributed by atoms with Crippen molar-refractivity contribution in [3.05, 3.63) is 47.6 Å². The van der Waals surface area contributed by atoms with E-state index in [1.54, 1.807) is 0 Å². The van der Waals surface area contributed by atoms with E-state index in [1.807, 2.05) is 51.1 Å². The molecule has 0 aliphatic rings. The van der Waals surface area contributed by atoms with Crippen molar-refractivity contribution < 1.29 is 9.26 Å². The van der Waals surface area contributed by atoms with Gasteiger partial charge in [0, 0.05) is 6.61 Å². The first-order valence-corrected chi connectivity index (χ1v) is 6.80. The zero-order valence-electron chi connectivity index (χ0n) is 12.2. The van der Waals surface area contributed by atoms with Crippen molar-refractivity contribution in [1.29, 1.82) is 0 Å². The molecule has 1 unspecified atom stereocenters. The monoisotopic (exact) mass is 275 g/mol. The molecule has 5 nitrogen and oxygen atoms in total. The van der Waals surface area contributed by atoms with Crippen LogP contribution in [0.15, 0.2) is 34.9 Å². The molecule has 2 rings (SSSR count). The van der Waals surface area contributed by atoms with Crippen LogP contribution in [0.3, 0.4) is 0 Å². The number of aromatic nitrogens is 2. The molecular weight excluding hydrogens is 254 g/mol. The van der Waals surface area contributed by atoms with E-state index < -0.39 is 5.60 Å². The van der Waals surface area contributed by atoms with Gasteiger partial charge in [-0.15, -0.1) is 0 Å². The molecule has 0 aliphatic carbocycles. The van der Waals surface area contributed by atoms with Crippen LogP contribution in [0.4, 0.5) is 0 Å². The fourth-order valence-corrected chi connectivity index (χ4v) is 2.01. The number of nitrogens with two attached hydrogens (primary N) is 1. The Morgan fingerprint density at radius 3 is 2.65 bits per heavy atom. The Morgan fingerprint density at radius 1 is 1.30 bits per heavy atom. The van der Waals surface area contributed by atoms with E-state index in [1.165, 1.54) is 0 Å². The quantitative estimate of drug-likeness (QED) is 0.877. The average molecular weight is 275 g/mol. The molecule has 0 radical (unpaired) electrons. The van der Waals surface area contributed by atoms with Crippen molar-refractivity contribution >= 4 is 0 Å². The van der Waals surface area contributed by atoms with Gasteiger partial charge in [-0.25, -0.2) is 0 Å². The topological polar surface area (TPSA) is 74.2 Å². The first kappa shape index (κ1) is 14.7. The van der Waals surface area contributed by atoms with Crippen molar-refractivity contribution in [2.45, 2.75) is 38.8 Å². The molecule has 1 atom stereocenters. The molecule has 0 bridgehead atoms. The second-order valence-electron chi connectivity index (χ2n) is 5.20. The Bertz CT molecular complexity index is 537. The molecule has 0 aliphatic heterocycles. The molecule has 20 heavy (non-hydrogen) atoms. The van der Waals surface area contributed by atoms with Gasteiger partial charge in [-0.1, -0.05) is 35.5 Å². The number of nitrogens with zero attached hydrogens (tertiary/aromatic N) is 2. The third kappa shape index (κ3) is 3.43. The summed E-state index contributed by atoms with van der Waals surface area (Å²) in [5, 5.41) is 3.98. The van der Waals surface area contributed by atoms with Crippen molar-refractivity contribution in [3.63, 3.8) is 0 Å². The molecule has 5 heteroatoms. The Hall–Kier alpha value is -1.72. The predicted molar refractivity (Wildman–Crippen MR) is 76.0 cm³/mol. The summed E-state index contributed by atoms with van der Waals surface area (Å²) in [4.78, 5) is 4.37. The van der Waals surface area contributed by atoms with E-state index in [-0.39, 0.29) is 6.04 Å². The minimum absolute atomic E-state index is 0.309. The van der Waals surface area contributed by atoms with Gasteiger partial charge in [0.2, 0.25) is 11.7 Å². The van der Waals surface area contributed by atoms with Crippen LogP contribution in [0, 0.1) is 0 Å². The lowest BCUT2D eigenvalue weighted by Crippen LogP contribution is -2.23. The summed E-state index contributed by atoms with van der Waals surface area (Å²) >= 11 is 0. The van der Waals surface area contributed by atoms with Crippen LogP contribution >= 0.6 is 0 Å². The SMILES string of the molecule is CCOC(C)(C)c1noc(C(N)Cc2ccccc2)n1. The zero-order valence-corrected chi connectivity index (χ0v) is 12.2. The van der Waals surface area contributed by atoms with Crippen LogP contribution in [0.1, 0.15) is 44.1 Å². The first-order chi connectivity index (χ1) is 9.53. The van der Waals surface area contributed by atoms with Crippen LogP contribution in [-0.4, -0.2) is 16.7 Å². The molecule has 2 aromatic rings. The maximum absolute atomic E-state index is 6.12. The van der Waals surface area contributed by atoms with E-state index >= 15 is 0 Å². The van der Waals surface area contributed by atoms with Crippen LogP contribution in [0.5, 0.6) is 0 Å². The standard InChI is InChI=1S/C15H21N3O2/c1-4-19-15(2,3)14-17-13(20-18-14)12(16)10-11-8-6-5-7-9-11/h5-9,12H,4,10,16H2,1-3H3. The first-order valence-electron chi connectivity index (χ1n) is 6.80.